The molecule has 3 rings (SSSR count). The molecule has 0 amide bonds. The molecule has 2 aromatic rings. The summed E-state index contributed by atoms with van der Waals surface area (Å²) in [5.74, 6) is 1.60. The molecule has 0 bridgehead atoms. The van der Waals surface area contributed by atoms with Crippen LogP contribution >= 0.6 is 12.2 Å². The van der Waals surface area contributed by atoms with Gasteiger partial charge in [0.1, 0.15) is 12.4 Å². The van der Waals surface area contributed by atoms with Crippen molar-refractivity contribution in [1.82, 2.24) is 0 Å². The molecule has 0 spiro atoms. The molecule has 24 heavy (non-hydrogen) atoms. The van der Waals surface area contributed by atoms with Gasteiger partial charge < -0.3 is 14.8 Å². The number of rotatable bonds is 5. The van der Waals surface area contributed by atoms with E-state index in [1.807, 2.05) is 6.07 Å². The molecular formula is C20H23NO2S. The van der Waals surface area contributed by atoms with E-state index in [4.69, 9.17) is 21.7 Å². The summed E-state index contributed by atoms with van der Waals surface area (Å²) in [6.45, 7) is 4.64. The molecule has 1 N–H and O–H groups in total. The number of methoxy groups -OCH3 is 1. The fraction of sp³-hybridized carbons (Fsp3) is 0.350. The van der Waals surface area contributed by atoms with E-state index in [9.17, 15) is 0 Å². The minimum Gasteiger partial charge on any atom is -0.489 e. The Morgan fingerprint density at radius 2 is 1.96 bits per heavy atom. The zero-order chi connectivity index (χ0) is 17.1. The van der Waals surface area contributed by atoms with Crippen LogP contribution in [-0.4, -0.2) is 12.3 Å². The van der Waals surface area contributed by atoms with Crippen LogP contribution in [0, 0.1) is 13.8 Å². The third-order valence-electron chi connectivity index (χ3n) is 4.32. The minimum absolute atomic E-state index is 0.371. The summed E-state index contributed by atoms with van der Waals surface area (Å²) >= 11 is 5.16. The van der Waals surface area contributed by atoms with Crippen LogP contribution in [0.3, 0.4) is 0 Å². The fourth-order valence-corrected chi connectivity index (χ4v) is 2.89. The Labute approximate surface area is 149 Å². The van der Waals surface area contributed by atoms with Crippen molar-refractivity contribution in [2.75, 3.05) is 12.4 Å². The largest absolute Gasteiger partial charge is 0.489 e. The first-order chi connectivity index (χ1) is 11.6. The summed E-state index contributed by atoms with van der Waals surface area (Å²) in [5.41, 5.74) is 5.77. The van der Waals surface area contributed by atoms with E-state index in [1.165, 1.54) is 24.0 Å². The SMILES string of the molecule is COC(=S)Nc1cc(C2CC2)ccc1COc1ccc(C)cc1C. The highest BCUT2D eigenvalue weighted by Gasteiger charge is 2.24. The first-order valence-corrected chi connectivity index (χ1v) is 8.65. The molecule has 1 fully saturated rings. The monoisotopic (exact) mass is 341 g/mol. The Balaban J connectivity index is 1.79. The van der Waals surface area contributed by atoms with Gasteiger partial charge in [0, 0.05) is 11.3 Å². The van der Waals surface area contributed by atoms with Crippen LogP contribution in [-0.2, 0) is 11.3 Å². The molecule has 0 unspecified atom stereocenters. The zero-order valence-corrected chi connectivity index (χ0v) is 15.2. The molecule has 1 aliphatic carbocycles. The number of hydrogen-bond donors (Lipinski definition) is 1. The lowest BCUT2D eigenvalue weighted by molar-refractivity contribution is 0.304. The molecular weight excluding hydrogens is 318 g/mol. The lowest BCUT2D eigenvalue weighted by Crippen LogP contribution is -2.13. The molecule has 1 saturated carbocycles. The van der Waals surface area contributed by atoms with Gasteiger partial charge >= 0.3 is 0 Å². The average molecular weight is 341 g/mol. The number of benzene rings is 2. The van der Waals surface area contributed by atoms with E-state index in [-0.39, 0.29) is 0 Å². The lowest BCUT2D eigenvalue weighted by atomic mass is 10.1. The first-order valence-electron chi connectivity index (χ1n) is 8.24. The van der Waals surface area contributed by atoms with Crippen LogP contribution in [0.1, 0.15) is 41.0 Å². The van der Waals surface area contributed by atoms with Crippen molar-refractivity contribution in [2.45, 2.75) is 39.2 Å². The molecule has 0 heterocycles. The summed E-state index contributed by atoms with van der Waals surface area (Å²) in [6.07, 6.45) is 2.54. The van der Waals surface area contributed by atoms with Gasteiger partial charge in [-0.3, -0.25) is 0 Å². The van der Waals surface area contributed by atoms with E-state index in [2.05, 4.69) is 49.5 Å². The number of nitrogens with one attached hydrogen (secondary N) is 1. The zero-order valence-electron chi connectivity index (χ0n) is 14.4. The van der Waals surface area contributed by atoms with Crippen LogP contribution in [0.2, 0.25) is 0 Å². The number of thiocarbonyl (C=S) groups is 1. The maximum atomic E-state index is 6.03. The second-order valence-corrected chi connectivity index (χ2v) is 6.74. The van der Waals surface area contributed by atoms with Crippen molar-refractivity contribution in [3.05, 3.63) is 58.7 Å². The molecule has 4 heteroatoms. The van der Waals surface area contributed by atoms with E-state index in [0.29, 0.717) is 17.7 Å². The minimum atomic E-state index is 0.371. The van der Waals surface area contributed by atoms with Gasteiger partial charge in [0.2, 0.25) is 0 Å². The predicted octanol–water partition coefficient (Wildman–Crippen LogP) is 5.10. The highest BCUT2D eigenvalue weighted by Crippen LogP contribution is 2.41. The molecule has 1 aliphatic rings. The van der Waals surface area contributed by atoms with Crippen molar-refractivity contribution >= 4 is 23.1 Å². The predicted molar refractivity (Wildman–Crippen MR) is 102 cm³/mol. The Hall–Kier alpha value is -2.07. The maximum Gasteiger partial charge on any atom is 0.260 e. The summed E-state index contributed by atoms with van der Waals surface area (Å²) in [7, 11) is 1.58. The van der Waals surface area contributed by atoms with Gasteiger partial charge in [-0.05, 0) is 68.1 Å². The Morgan fingerprint density at radius 3 is 2.62 bits per heavy atom. The van der Waals surface area contributed by atoms with Crippen molar-refractivity contribution in [1.29, 1.82) is 0 Å². The molecule has 3 nitrogen and oxygen atoms in total. The van der Waals surface area contributed by atoms with Crippen LogP contribution < -0.4 is 10.1 Å². The maximum absolute atomic E-state index is 6.03. The van der Waals surface area contributed by atoms with Gasteiger partial charge in [-0.1, -0.05) is 29.8 Å². The molecule has 0 aromatic heterocycles. The molecule has 2 aromatic carbocycles. The highest BCUT2D eigenvalue weighted by molar-refractivity contribution is 7.80. The van der Waals surface area contributed by atoms with Crippen molar-refractivity contribution < 1.29 is 9.47 Å². The summed E-state index contributed by atoms with van der Waals surface area (Å²) in [4.78, 5) is 0. The smallest absolute Gasteiger partial charge is 0.260 e. The van der Waals surface area contributed by atoms with Crippen molar-refractivity contribution in [3.63, 3.8) is 0 Å². The van der Waals surface area contributed by atoms with Crippen LogP contribution in [0.5, 0.6) is 5.75 Å². The van der Waals surface area contributed by atoms with Gasteiger partial charge in [-0.15, -0.1) is 0 Å². The van der Waals surface area contributed by atoms with E-state index >= 15 is 0 Å². The van der Waals surface area contributed by atoms with Crippen LogP contribution in [0.15, 0.2) is 36.4 Å². The third-order valence-corrected chi connectivity index (χ3v) is 4.59. The van der Waals surface area contributed by atoms with E-state index in [1.54, 1.807) is 7.11 Å². The van der Waals surface area contributed by atoms with Crippen molar-refractivity contribution in [2.24, 2.45) is 0 Å². The fourth-order valence-electron chi connectivity index (χ4n) is 2.78. The van der Waals surface area contributed by atoms with Crippen molar-refractivity contribution in [3.8, 4) is 5.75 Å². The van der Waals surface area contributed by atoms with Crippen LogP contribution in [0.4, 0.5) is 5.69 Å². The first kappa shape index (κ1) is 16.8. The highest BCUT2D eigenvalue weighted by atomic mass is 32.1. The number of aryl methyl sites for hydroxylation is 2. The van der Waals surface area contributed by atoms with E-state index < -0.39 is 0 Å². The summed E-state index contributed by atoms with van der Waals surface area (Å²) in [5, 5.41) is 3.54. The number of anilines is 1. The van der Waals surface area contributed by atoms with Gasteiger partial charge in [0.15, 0.2) is 0 Å². The van der Waals surface area contributed by atoms with Gasteiger partial charge in [0.25, 0.3) is 5.17 Å². The van der Waals surface area contributed by atoms with E-state index in [0.717, 1.165) is 22.6 Å². The number of ether oxygens (including phenoxy) is 2. The topological polar surface area (TPSA) is 30.5 Å². The average Bonchev–Trinajstić information content (AvgIpc) is 3.39. The Morgan fingerprint density at radius 1 is 1.17 bits per heavy atom. The molecule has 0 radical (unpaired) electrons. The van der Waals surface area contributed by atoms with Gasteiger partial charge in [-0.2, -0.15) is 0 Å². The third kappa shape index (κ3) is 4.06. The molecule has 0 saturated heterocycles. The standard InChI is InChI=1S/C20H23NO2S/c1-13-4-9-19(14(2)10-13)23-12-17-8-7-16(15-5-6-15)11-18(17)21-20(24)22-3/h4,7-11,15H,5-6,12H2,1-3H3,(H,21,24). The quantitative estimate of drug-likeness (QED) is 0.766. The Bertz CT molecular complexity index is 753. The second kappa shape index (κ2) is 7.22. The Kier molecular flexibility index (Phi) is 5.05. The normalized spacial score (nSPS) is 13.5. The number of hydrogen-bond acceptors (Lipinski definition) is 3. The van der Waals surface area contributed by atoms with Gasteiger partial charge in [-0.25, -0.2) is 0 Å². The second-order valence-electron chi connectivity index (χ2n) is 6.37. The van der Waals surface area contributed by atoms with Crippen LogP contribution in [0.25, 0.3) is 0 Å². The summed E-state index contributed by atoms with van der Waals surface area (Å²) in [6, 6.07) is 12.7. The lowest BCUT2D eigenvalue weighted by Gasteiger charge is -2.15. The molecule has 0 aliphatic heterocycles. The molecule has 0 atom stereocenters. The molecule has 126 valence electrons. The van der Waals surface area contributed by atoms with Gasteiger partial charge in [0.05, 0.1) is 7.11 Å². The summed E-state index contributed by atoms with van der Waals surface area (Å²) < 4.78 is 11.1.